The molecule has 0 fully saturated rings. The van der Waals surface area contributed by atoms with E-state index >= 15 is 0 Å². The lowest BCUT2D eigenvalue weighted by atomic mass is 10.0. The first-order valence-corrected chi connectivity index (χ1v) is 9.12. The average molecular weight is 363 g/mol. The third-order valence-electron chi connectivity index (χ3n) is 5.24. The number of nitrogens with zero attached hydrogens (tertiary/aromatic N) is 2. The monoisotopic (exact) mass is 363 g/mol. The van der Waals surface area contributed by atoms with Gasteiger partial charge in [-0.05, 0) is 54.7 Å². The number of aromatic amines is 1. The number of rotatable bonds is 4. The van der Waals surface area contributed by atoms with Crippen LogP contribution in [-0.2, 0) is 13.5 Å². The van der Waals surface area contributed by atoms with Crippen molar-refractivity contribution in [1.29, 1.82) is 0 Å². The van der Waals surface area contributed by atoms with Crippen LogP contribution in [0.2, 0.25) is 0 Å². The van der Waals surface area contributed by atoms with Gasteiger partial charge in [0.2, 0.25) is 0 Å². The number of H-pyrrole nitrogens is 1. The van der Waals surface area contributed by atoms with Gasteiger partial charge in [0.05, 0.1) is 17.1 Å². The molecule has 6 heteroatoms. The van der Waals surface area contributed by atoms with Crippen LogP contribution < -0.4 is 5.56 Å². The van der Waals surface area contributed by atoms with Crippen molar-refractivity contribution in [3.8, 4) is 11.3 Å². The number of fused-ring (bicyclic) bond motifs is 1. The second-order valence-electron chi connectivity index (χ2n) is 6.87. The van der Waals surface area contributed by atoms with E-state index in [1.54, 1.807) is 0 Å². The lowest BCUT2D eigenvalue weighted by Crippen LogP contribution is -2.19. The fraction of sp³-hybridized carbons (Fsp3) is 0.286. The van der Waals surface area contributed by atoms with Gasteiger partial charge in [-0.25, -0.2) is 4.79 Å². The fourth-order valence-electron chi connectivity index (χ4n) is 3.80. The highest BCUT2D eigenvalue weighted by molar-refractivity contribution is 6.04. The van der Waals surface area contributed by atoms with Crippen LogP contribution in [0.15, 0.2) is 40.1 Å². The summed E-state index contributed by atoms with van der Waals surface area (Å²) in [6, 6.07) is 9.65. The maximum atomic E-state index is 12.2. The van der Waals surface area contributed by atoms with Crippen molar-refractivity contribution in [1.82, 2.24) is 9.55 Å². The van der Waals surface area contributed by atoms with E-state index in [9.17, 15) is 14.7 Å². The summed E-state index contributed by atoms with van der Waals surface area (Å²) in [5.41, 5.74) is 4.93. The van der Waals surface area contributed by atoms with Gasteiger partial charge in [0.25, 0.3) is 5.56 Å². The summed E-state index contributed by atoms with van der Waals surface area (Å²) >= 11 is 0. The van der Waals surface area contributed by atoms with Crippen LogP contribution >= 0.6 is 0 Å². The molecule has 1 aromatic carbocycles. The molecule has 0 spiro atoms. The highest BCUT2D eigenvalue weighted by Gasteiger charge is 2.17. The van der Waals surface area contributed by atoms with Gasteiger partial charge in [-0.15, -0.1) is 0 Å². The molecule has 6 nitrogen and oxygen atoms in total. The van der Waals surface area contributed by atoms with Crippen molar-refractivity contribution < 1.29 is 9.90 Å². The molecule has 1 aliphatic heterocycles. The SMILES string of the molecule is CCc1cc(C(=O)O)c(=O)[nH]c1-c1ccc2c(c1)cc(C1=NCCC1)n2C. The van der Waals surface area contributed by atoms with E-state index in [1.165, 1.54) is 6.07 Å². The highest BCUT2D eigenvalue weighted by Crippen LogP contribution is 2.28. The topological polar surface area (TPSA) is 87.4 Å². The molecule has 0 amide bonds. The summed E-state index contributed by atoms with van der Waals surface area (Å²) in [7, 11) is 2.04. The molecule has 0 radical (unpaired) electrons. The smallest absolute Gasteiger partial charge is 0.341 e. The Kier molecular flexibility index (Phi) is 4.18. The molecule has 27 heavy (non-hydrogen) atoms. The van der Waals surface area contributed by atoms with Gasteiger partial charge in [0, 0.05) is 24.5 Å². The Morgan fingerprint density at radius 1 is 1.30 bits per heavy atom. The predicted molar refractivity (Wildman–Crippen MR) is 106 cm³/mol. The molecule has 3 heterocycles. The van der Waals surface area contributed by atoms with E-state index in [1.807, 2.05) is 32.2 Å². The van der Waals surface area contributed by atoms with Crippen molar-refractivity contribution in [3.63, 3.8) is 0 Å². The Labute approximate surface area is 156 Å². The predicted octanol–water partition coefficient (Wildman–Crippen LogP) is 3.38. The zero-order valence-corrected chi connectivity index (χ0v) is 15.4. The lowest BCUT2D eigenvalue weighted by Gasteiger charge is -2.10. The van der Waals surface area contributed by atoms with Crippen molar-refractivity contribution in [3.05, 3.63) is 57.5 Å². The van der Waals surface area contributed by atoms with E-state index in [0.717, 1.165) is 52.8 Å². The minimum atomic E-state index is -1.21. The van der Waals surface area contributed by atoms with Crippen LogP contribution in [0.4, 0.5) is 0 Å². The van der Waals surface area contributed by atoms with Crippen molar-refractivity contribution in [2.24, 2.45) is 12.0 Å². The second-order valence-corrected chi connectivity index (χ2v) is 6.87. The third-order valence-corrected chi connectivity index (χ3v) is 5.24. The lowest BCUT2D eigenvalue weighted by molar-refractivity contribution is 0.0695. The van der Waals surface area contributed by atoms with Crippen LogP contribution in [0.25, 0.3) is 22.2 Å². The molecule has 0 bridgehead atoms. The fourth-order valence-corrected chi connectivity index (χ4v) is 3.80. The Morgan fingerprint density at radius 2 is 2.11 bits per heavy atom. The second kappa shape index (κ2) is 6.54. The zero-order valence-electron chi connectivity index (χ0n) is 15.4. The number of carboxylic acids is 1. The van der Waals surface area contributed by atoms with Gasteiger partial charge in [0.1, 0.15) is 5.56 Å². The number of carbonyl (C=O) groups is 1. The molecular weight excluding hydrogens is 342 g/mol. The molecule has 0 unspecified atom stereocenters. The van der Waals surface area contributed by atoms with Crippen LogP contribution in [0.5, 0.6) is 0 Å². The molecular formula is C21H21N3O3. The number of pyridine rings is 1. The molecule has 3 aromatic rings. The minimum Gasteiger partial charge on any atom is -0.477 e. The summed E-state index contributed by atoms with van der Waals surface area (Å²) < 4.78 is 2.15. The first-order chi connectivity index (χ1) is 13.0. The molecule has 0 saturated heterocycles. The Bertz CT molecular complexity index is 1150. The summed E-state index contributed by atoms with van der Waals surface area (Å²) in [4.78, 5) is 30.8. The molecule has 2 aromatic heterocycles. The number of carboxylic acid groups (broad SMARTS) is 1. The number of aromatic carboxylic acids is 1. The number of nitrogens with one attached hydrogen (secondary N) is 1. The van der Waals surface area contributed by atoms with Crippen LogP contribution in [0.1, 0.15) is 41.4 Å². The normalized spacial score (nSPS) is 13.9. The van der Waals surface area contributed by atoms with Crippen molar-refractivity contribution in [2.45, 2.75) is 26.2 Å². The number of aromatic nitrogens is 2. The van der Waals surface area contributed by atoms with Crippen LogP contribution in [-0.4, -0.2) is 32.9 Å². The quantitative estimate of drug-likeness (QED) is 0.745. The number of aliphatic imine (C=N–C) groups is 1. The van der Waals surface area contributed by atoms with Gasteiger partial charge in [-0.3, -0.25) is 9.79 Å². The van der Waals surface area contributed by atoms with Gasteiger partial charge >= 0.3 is 5.97 Å². The molecule has 0 aliphatic carbocycles. The van der Waals surface area contributed by atoms with Gasteiger partial charge < -0.3 is 14.7 Å². The molecule has 1 aliphatic rings. The van der Waals surface area contributed by atoms with Crippen molar-refractivity contribution >= 4 is 22.6 Å². The minimum absolute atomic E-state index is 0.224. The number of benzene rings is 1. The Morgan fingerprint density at radius 3 is 2.78 bits per heavy atom. The number of hydrogen-bond donors (Lipinski definition) is 2. The third kappa shape index (κ3) is 2.87. The molecule has 4 rings (SSSR count). The van der Waals surface area contributed by atoms with Crippen LogP contribution in [0, 0.1) is 0 Å². The largest absolute Gasteiger partial charge is 0.477 e. The Hall–Kier alpha value is -3.15. The first-order valence-electron chi connectivity index (χ1n) is 9.12. The maximum Gasteiger partial charge on any atom is 0.341 e. The van der Waals surface area contributed by atoms with Gasteiger partial charge in [0.15, 0.2) is 0 Å². The summed E-state index contributed by atoms with van der Waals surface area (Å²) in [6.45, 7) is 2.83. The van der Waals surface area contributed by atoms with E-state index in [-0.39, 0.29) is 5.56 Å². The van der Waals surface area contributed by atoms with Crippen LogP contribution in [0.3, 0.4) is 0 Å². The Balaban J connectivity index is 1.86. The van der Waals surface area contributed by atoms with Gasteiger partial charge in [-0.2, -0.15) is 0 Å². The first kappa shape index (κ1) is 17.3. The maximum absolute atomic E-state index is 12.2. The van der Waals surface area contributed by atoms with E-state index in [2.05, 4.69) is 20.6 Å². The van der Waals surface area contributed by atoms with E-state index in [0.29, 0.717) is 12.1 Å². The number of hydrogen-bond acceptors (Lipinski definition) is 3. The zero-order chi connectivity index (χ0) is 19.1. The highest BCUT2D eigenvalue weighted by atomic mass is 16.4. The summed E-state index contributed by atoms with van der Waals surface area (Å²) in [6.07, 6.45) is 2.72. The molecule has 0 saturated carbocycles. The standard InChI is InChI=1S/C21H21N3O3/c1-3-12-10-15(21(26)27)20(25)23-19(12)13-6-7-17-14(9-13)11-18(24(17)2)16-5-4-8-22-16/h6-7,9-11H,3-5,8H2,1-2H3,(H,23,25)(H,26,27). The van der Waals surface area contributed by atoms with E-state index < -0.39 is 11.5 Å². The van der Waals surface area contributed by atoms with Gasteiger partial charge in [-0.1, -0.05) is 13.0 Å². The average Bonchev–Trinajstić information content (AvgIpc) is 3.29. The molecule has 2 N–H and O–H groups in total. The number of aryl methyl sites for hydroxylation is 2. The summed E-state index contributed by atoms with van der Waals surface area (Å²) in [5.74, 6) is -1.21. The molecule has 138 valence electrons. The summed E-state index contributed by atoms with van der Waals surface area (Å²) in [5, 5.41) is 10.3. The van der Waals surface area contributed by atoms with E-state index in [4.69, 9.17) is 0 Å². The molecule has 0 atom stereocenters. The van der Waals surface area contributed by atoms with Crippen molar-refractivity contribution in [2.75, 3.05) is 6.54 Å².